The summed E-state index contributed by atoms with van der Waals surface area (Å²) in [5.41, 5.74) is 6.68. The summed E-state index contributed by atoms with van der Waals surface area (Å²) in [5, 5.41) is 0.795. The van der Waals surface area contributed by atoms with Crippen LogP contribution in [0.4, 0.5) is 5.69 Å². The molecule has 1 amide bonds. The second-order valence-corrected chi connectivity index (χ2v) is 7.65. The Bertz CT molecular complexity index is 532. The second kappa shape index (κ2) is 8.21. The van der Waals surface area contributed by atoms with Crippen LogP contribution in [0.3, 0.4) is 0 Å². The molecule has 1 aliphatic carbocycles. The number of nitrogens with zero attached hydrogens (tertiary/aromatic N) is 2. The molecule has 1 aromatic rings. The van der Waals surface area contributed by atoms with Gasteiger partial charge in [-0.05, 0) is 68.8 Å². The summed E-state index contributed by atoms with van der Waals surface area (Å²) >= 11 is 5.96. The van der Waals surface area contributed by atoms with Crippen molar-refractivity contribution in [2.24, 2.45) is 17.6 Å². The average Bonchev–Trinajstić information content (AvgIpc) is 2.61. The van der Waals surface area contributed by atoms with Gasteiger partial charge in [-0.3, -0.25) is 9.69 Å². The number of nitrogens with two attached hydrogens (primary N) is 1. The summed E-state index contributed by atoms with van der Waals surface area (Å²) in [6.07, 6.45) is 5.57. The number of amides is 1. The molecule has 1 aromatic carbocycles. The van der Waals surface area contributed by atoms with E-state index < -0.39 is 0 Å². The number of anilines is 1. The number of benzene rings is 1. The summed E-state index contributed by atoms with van der Waals surface area (Å²) in [7, 11) is 0. The van der Waals surface area contributed by atoms with Crippen LogP contribution >= 0.6 is 11.6 Å². The Morgan fingerprint density at radius 1 is 1.04 bits per heavy atom. The van der Waals surface area contributed by atoms with E-state index in [1.807, 2.05) is 12.1 Å². The van der Waals surface area contributed by atoms with Crippen molar-refractivity contribution in [1.82, 2.24) is 4.90 Å². The smallest absolute Gasteiger partial charge is 0.220 e. The summed E-state index contributed by atoms with van der Waals surface area (Å²) in [5.74, 6) is 0.797. The summed E-state index contributed by atoms with van der Waals surface area (Å²) in [6.45, 7) is 5.59. The number of carbonyl (C=O) groups is 1. The van der Waals surface area contributed by atoms with E-state index in [4.69, 9.17) is 17.3 Å². The molecule has 1 saturated carbocycles. The molecule has 2 aliphatic rings. The molecule has 0 bridgehead atoms. The predicted octanol–water partition coefficient (Wildman–Crippen LogP) is 3.14. The van der Waals surface area contributed by atoms with Crippen molar-refractivity contribution in [1.29, 1.82) is 0 Å². The Labute approximate surface area is 149 Å². The first-order valence-electron chi connectivity index (χ1n) is 9.14. The first kappa shape index (κ1) is 17.6. The van der Waals surface area contributed by atoms with Gasteiger partial charge in [-0.1, -0.05) is 11.6 Å². The van der Waals surface area contributed by atoms with Crippen LogP contribution in [0.5, 0.6) is 0 Å². The topological polar surface area (TPSA) is 49.6 Å². The van der Waals surface area contributed by atoms with Crippen molar-refractivity contribution >= 4 is 23.2 Å². The fraction of sp³-hybridized carbons (Fsp3) is 0.632. The number of hydrogen-bond acceptors (Lipinski definition) is 3. The third-order valence-corrected chi connectivity index (χ3v) is 5.92. The standard InChI is InChI=1S/C19H28ClN3O/c20-17-5-7-18(8-6-17)23-13-11-22(12-14-23)10-9-15-1-3-16(4-2-15)19(21)24/h5-8,15-16H,1-4,9-14H2,(H2,21,24). The van der Waals surface area contributed by atoms with Crippen molar-refractivity contribution < 1.29 is 4.79 Å². The van der Waals surface area contributed by atoms with Crippen LogP contribution in [0, 0.1) is 11.8 Å². The zero-order valence-corrected chi connectivity index (χ0v) is 15.0. The molecule has 24 heavy (non-hydrogen) atoms. The van der Waals surface area contributed by atoms with Crippen molar-refractivity contribution in [3.8, 4) is 0 Å². The van der Waals surface area contributed by atoms with Gasteiger partial charge in [-0.15, -0.1) is 0 Å². The number of piperazine rings is 1. The first-order chi connectivity index (χ1) is 11.6. The Kier molecular flexibility index (Phi) is 6.01. The fourth-order valence-electron chi connectivity index (χ4n) is 3.98. The van der Waals surface area contributed by atoms with Crippen LogP contribution in [0.15, 0.2) is 24.3 Å². The highest BCUT2D eigenvalue weighted by molar-refractivity contribution is 6.30. The maximum Gasteiger partial charge on any atom is 0.220 e. The van der Waals surface area contributed by atoms with E-state index in [-0.39, 0.29) is 11.8 Å². The van der Waals surface area contributed by atoms with E-state index >= 15 is 0 Å². The summed E-state index contributed by atoms with van der Waals surface area (Å²) in [6, 6.07) is 8.14. The molecule has 2 N–H and O–H groups in total. The molecular formula is C19H28ClN3O. The third kappa shape index (κ3) is 4.64. The zero-order valence-electron chi connectivity index (χ0n) is 14.3. The molecule has 0 atom stereocenters. The van der Waals surface area contributed by atoms with Crippen LogP contribution in [0.2, 0.25) is 5.02 Å². The maximum absolute atomic E-state index is 11.2. The van der Waals surface area contributed by atoms with Gasteiger partial charge in [-0.2, -0.15) is 0 Å². The molecule has 4 nitrogen and oxygen atoms in total. The lowest BCUT2D eigenvalue weighted by Gasteiger charge is -2.37. The van der Waals surface area contributed by atoms with E-state index in [2.05, 4.69) is 21.9 Å². The lowest BCUT2D eigenvalue weighted by molar-refractivity contribution is -0.122. The van der Waals surface area contributed by atoms with Crippen molar-refractivity contribution in [3.63, 3.8) is 0 Å². The summed E-state index contributed by atoms with van der Waals surface area (Å²) < 4.78 is 0. The van der Waals surface area contributed by atoms with E-state index in [0.29, 0.717) is 0 Å². The summed E-state index contributed by atoms with van der Waals surface area (Å²) in [4.78, 5) is 16.2. The number of rotatable bonds is 5. The maximum atomic E-state index is 11.2. The zero-order chi connectivity index (χ0) is 16.9. The highest BCUT2D eigenvalue weighted by Gasteiger charge is 2.25. The van der Waals surface area contributed by atoms with Gasteiger partial charge in [0, 0.05) is 42.8 Å². The van der Waals surface area contributed by atoms with E-state index in [1.54, 1.807) is 0 Å². The van der Waals surface area contributed by atoms with Gasteiger partial charge in [0.15, 0.2) is 0 Å². The van der Waals surface area contributed by atoms with Crippen LogP contribution in [-0.2, 0) is 4.79 Å². The average molecular weight is 350 g/mol. The van der Waals surface area contributed by atoms with Gasteiger partial charge < -0.3 is 10.6 Å². The highest BCUT2D eigenvalue weighted by atomic mass is 35.5. The van der Waals surface area contributed by atoms with Crippen LogP contribution in [-0.4, -0.2) is 43.5 Å². The first-order valence-corrected chi connectivity index (χ1v) is 9.52. The van der Waals surface area contributed by atoms with E-state index in [0.717, 1.165) is 50.0 Å². The third-order valence-electron chi connectivity index (χ3n) is 5.67. The number of carbonyl (C=O) groups excluding carboxylic acids is 1. The predicted molar refractivity (Wildman–Crippen MR) is 99.4 cm³/mol. The van der Waals surface area contributed by atoms with Gasteiger partial charge in [-0.25, -0.2) is 0 Å². The van der Waals surface area contributed by atoms with Crippen molar-refractivity contribution in [3.05, 3.63) is 29.3 Å². The number of halogens is 1. The van der Waals surface area contributed by atoms with Crippen LogP contribution in [0.1, 0.15) is 32.1 Å². The minimum Gasteiger partial charge on any atom is -0.369 e. The molecule has 0 spiro atoms. The largest absolute Gasteiger partial charge is 0.369 e. The SMILES string of the molecule is NC(=O)C1CCC(CCN2CCN(c3ccc(Cl)cc3)CC2)CC1. The molecule has 1 heterocycles. The minimum atomic E-state index is -0.105. The lowest BCUT2D eigenvalue weighted by atomic mass is 9.80. The van der Waals surface area contributed by atoms with Gasteiger partial charge >= 0.3 is 0 Å². The molecule has 5 heteroatoms. The van der Waals surface area contributed by atoms with E-state index in [9.17, 15) is 4.79 Å². The van der Waals surface area contributed by atoms with Crippen molar-refractivity contribution in [2.75, 3.05) is 37.6 Å². The van der Waals surface area contributed by atoms with Gasteiger partial charge in [0.05, 0.1) is 0 Å². The fourth-order valence-corrected chi connectivity index (χ4v) is 4.11. The molecule has 0 radical (unpaired) electrons. The van der Waals surface area contributed by atoms with Gasteiger partial charge in [0.25, 0.3) is 0 Å². The molecule has 0 unspecified atom stereocenters. The number of primary amides is 1. The van der Waals surface area contributed by atoms with Gasteiger partial charge in [0.1, 0.15) is 0 Å². The van der Waals surface area contributed by atoms with Crippen molar-refractivity contribution in [2.45, 2.75) is 32.1 Å². The quantitative estimate of drug-likeness (QED) is 0.888. The highest BCUT2D eigenvalue weighted by Crippen LogP contribution is 2.31. The molecule has 2 fully saturated rings. The molecule has 1 saturated heterocycles. The van der Waals surface area contributed by atoms with Gasteiger partial charge in [0.2, 0.25) is 5.91 Å². The minimum absolute atomic E-state index is 0.105. The molecule has 1 aliphatic heterocycles. The second-order valence-electron chi connectivity index (χ2n) is 7.21. The van der Waals surface area contributed by atoms with E-state index in [1.165, 1.54) is 31.5 Å². The molecule has 0 aromatic heterocycles. The lowest BCUT2D eigenvalue weighted by Crippen LogP contribution is -2.47. The Morgan fingerprint density at radius 3 is 2.25 bits per heavy atom. The molecule has 132 valence electrons. The normalized spacial score (nSPS) is 25.6. The van der Waals surface area contributed by atoms with Crippen LogP contribution < -0.4 is 10.6 Å². The van der Waals surface area contributed by atoms with Crippen LogP contribution in [0.25, 0.3) is 0 Å². The molecule has 3 rings (SSSR count). The number of hydrogen-bond donors (Lipinski definition) is 1. The Hall–Kier alpha value is -1.26. The monoisotopic (exact) mass is 349 g/mol. The molecular weight excluding hydrogens is 322 g/mol. The Balaban J connectivity index is 1.37. The Morgan fingerprint density at radius 2 is 1.67 bits per heavy atom.